The van der Waals surface area contributed by atoms with E-state index in [1.807, 2.05) is 21.9 Å². The second-order valence-electron chi connectivity index (χ2n) is 11.1. The average molecular weight is 618 g/mol. The third kappa shape index (κ3) is 5.98. The van der Waals surface area contributed by atoms with Crippen LogP contribution in [0.2, 0.25) is 5.02 Å². The van der Waals surface area contributed by atoms with E-state index >= 15 is 0 Å². The summed E-state index contributed by atoms with van der Waals surface area (Å²) in [6.07, 6.45) is -0.443. The van der Waals surface area contributed by atoms with E-state index in [0.717, 1.165) is 44.1 Å². The molecule has 6 heterocycles. The van der Waals surface area contributed by atoms with Gasteiger partial charge in [0.1, 0.15) is 12.0 Å². The standard InChI is InChI=1S/C29H31ClF3N7O3/c1-17(41)39-15-18-2-7-25(39)40(16-18)24-6-3-20-22(37-24)5-4-21(30)26(20)27(42)34-14-23(38-8-10-43-11-9-38)19-12-35-28(36-13-19)29(31,32)33/h3-6,12-13,18,23,25H,2,7-11,14-16H2,1H3,(H,34,42)/t18-,23?,25+/m1/s1. The SMILES string of the molecule is CC(=O)N1C[C@H]2CC[C@@H]1N(c1ccc3c(C(=O)NCC(c4cnc(C(F)(F)F)nc4)N4CCOCC4)c(Cl)ccc3n1)C2. The highest BCUT2D eigenvalue weighted by molar-refractivity contribution is 6.35. The zero-order chi connectivity index (χ0) is 30.3. The number of hydrogen-bond acceptors (Lipinski definition) is 8. The number of piperidine rings is 2. The van der Waals surface area contributed by atoms with Crippen LogP contribution in [0.1, 0.15) is 47.6 Å². The fourth-order valence-electron chi connectivity index (χ4n) is 6.33. The van der Waals surface area contributed by atoms with Gasteiger partial charge < -0.3 is 19.9 Å². The molecule has 1 N–H and O–H groups in total. The Bertz CT molecular complexity index is 1520. The Morgan fingerprint density at radius 3 is 2.51 bits per heavy atom. The first-order chi connectivity index (χ1) is 20.6. The second kappa shape index (κ2) is 11.9. The van der Waals surface area contributed by atoms with E-state index in [0.29, 0.717) is 48.7 Å². The minimum Gasteiger partial charge on any atom is -0.379 e. The molecule has 4 aliphatic heterocycles. The molecule has 0 spiro atoms. The number of nitrogens with zero attached hydrogens (tertiary/aromatic N) is 6. The lowest BCUT2D eigenvalue weighted by Gasteiger charge is -2.52. The van der Waals surface area contributed by atoms with Crippen molar-refractivity contribution in [2.45, 2.75) is 38.1 Å². The number of pyridine rings is 1. The summed E-state index contributed by atoms with van der Waals surface area (Å²) in [5.74, 6) is -0.494. The third-order valence-electron chi connectivity index (χ3n) is 8.45. The number of nitrogens with one attached hydrogen (secondary N) is 1. The van der Waals surface area contributed by atoms with Crippen LogP contribution in [0.4, 0.5) is 19.0 Å². The highest BCUT2D eigenvalue weighted by Crippen LogP contribution is 2.36. The number of carbonyl (C=O) groups excluding carboxylic acids is 2. The number of anilines is 1. The molecule has 1 aromatic carbocycles. The predicted molar refractivity (Wildman–Crippen MR) is 152 cm³/mol. The van der Waals surface area contributed by atoms with Crippen LogP contribution in [0.15, 0.2) is 36.7 Å². The summed E-state index contributed by atoms with van der Waals surface area (Å²) in [6, 6.07) is 6.58. The summed E-state index contributed by atoms with van der Waals surface area (Å²) in [4.78, 5) is 43.8. The molecule has 43 heavy (non-hydrogen) atoms. The minimum atomic E-state index is -4.65. The molecule has 3 atom stereocenters. The topological polar surface area (TPSA) is 104 Å². The molecule has 2 aromatic heterocycles. The van der Waals surface area contributed by atoms with Gasteiger partial charge in [0.2, 0.25) is 11.7 Å². The van der Waals surface area contributed by atoms with Gasteiger partial charge in [-0.2, -0.15) is 13.2 Å². The molecule has 4 fully saturated rings. The van der Waals surface area contributed by atoms with Gasteiger partial charge in [0, 0.05) is 63.0 Å². The van der Waals surface area contributed by atoms with Crippen molar-refractivity contribution in [3.8, 4) is 0 Å². The number of carbonyl (C=O) groups is 2. The summed E-state index contributed by atoms with van der Waals surface area (Å²) in [7, 11) is 0. The number of benzene rings is 1. The highest BCUT2D eigenvalue weighted by Gasteiger charge is 2.41. The summed E-state index contributed by atoms with van der Waals surface area (Å²) in [5.41, 5.74) is 1.29. The Morgan fingerprint density at radius 2 is 1.84 bits per heavy atom. The van der Waals surface area contributed by atoms with Gasteiger partial charge in [0.25, 0.3) is 5.91 Å². The number of hydrogen-bond donors (Lipinski definition) is 1. The van der Waals surface area contributed by atoms with Gasteiger partial charge >= 0.3 is 6.18 Å². The van der Waals surface area contributed by atoms with E-state index in [-0.39, 0.29) is 29.2 Å². The molecule has 0 radical (unpaired) electrons. The lowest BCUT2D eigenvalue weighted by Crippen LogP contribution is -2.62. The first-order valence-electron chi connectivity index (χ1n) is 14.2. The Kier molecular flexibility index (Phi) is 8.14. The van der Waals surface area contributed by atoms with Gasteiger partial charge in [-0.25, -0.2) is 15.0 Å². The molecule has 0 aliphatic carbocycles. The van der Waals surface area contributed by atoms with Gasteiger partial charge in [-0.3, -0.25) is 14.5 Å². The van der Waals surface area contributed by atoms with Gasteiger partial charge in [-0.15, -0.1) is 0 Å². The van der Waals surface area contributed by atoms with Gasteiger partial charge in [0.15, 0.2) is 0 Å². The first kappa shape index (κ1) is 29.5. The van der Waals surface area contributed by atoms with Crippen molar-refractivity contribution in [2.24, 2.45) is 5.92 Å². The van der Waals surface area contributed by atoms with Crippen LogP contribution in [-0.2, 0) is 15.7 Å². The molecule has 2 amide bonds. The van der Waals surface area contributed by atoms with Crippen LogP contribution in [0.5, 0.6) is 0 Å². The number of amides is 2. The van der Waals surface area contributed by atoms with Crippen LogP contribution >= 0.6 is 11.6 Å². The van der Waals surface area contributed by atoms with Crippen molar-refractivity contribution >= 4 is 40.1 Å². The number of fused-ring (bicyclic) bond motifs is 4. The maximum absolute atomic E-state index is 13.6. The molecule has 0 saturated carbocycles. The predicted octanol–water partition coefficient (Wildman–Crippen LogP) is 3.90. The van der Waals surface area contributed by atoms with Crippen LogP contribution in [0.25, 0.3) is 10.9 Å². The van der Waals surface area contributed by atoms with E-state index in [1.54, 1.807) is 19.1 Å². The fourth-order valence-corrected chi connectivity index (χ4v) is 6.58. The van der Waals surface area contributed by atoms with Gasteiger partial charge in [-0.05, 0) is 43.0 Å². The molecule has 4 saturated heterocycles. The number of morpholine rings is 1. The van der Waals surface area contributed by atoms with E-state index in [4.69, 9.17) is 21.3 Å². The summed E-state index contributed by atoms with van der Waals surface area (Å²) in [5, 5.41) is 3.74. The summed E-state index contributed by atoms with van der Waals surface area (Å²) in [6.45, 7) is 5.22. The van der Waals surface area contributed by atoms with E-state index in [1.165, 1.54) is 0 Å². The molecule has 1 unspecified atom stereocenters. The summed E-state index contributed by atoms with van der Waals surface area (Å²) >= 11 is 6.54. The van der Waals surface area contributed by atoms with Crippen LogP contribution in [0.3, 0.4) is 0 Å². The van der Waals surface area contributed by atoms with E-state index in [2.05, 4.69) is 20.2 Å². The lowest BCUT2D eigenvalue weighted by molar-refractivity contribution is -0.145. The Balaban J connectivity index is 1.24. The molecular weight excluding hydrogens is 587 g/mol. The van der Waals surface area contributed by atoms with Crippen LogP contribution < -0.4 is 10.2 Å². The lowest BCUT2D eigenvalue weighted by atomic mass is 9.89. The molecule has 4 aliphatic rings. The monoisotopic (exact) mass is 617 g/mol. The fraction of sp³-hybridized carbons (Fsp3) is 0.483. The normalized spacial score (nSPS) is 21.7. The van der Waals surface area contributed by atoms with E-state index in [9.17, 15) is 22.8 Å². The number of rotatable bonds is 6. The number of ether oxygens (including phenoxy) is 1. The minimum absolute atomic E-state index is 0.0455. The molecule has 3 aromatic rings. The zero-order valence-electron chi connectivity index (χ0n) is 23.5. The van der Waals surface area contributed by atoms with Gasteiger partial charge in [0.05, 0.1) is 35.4 Å². The van der Waals surface area contributed by atoms with Gasteiger partial charge in [-0.1, -0.05) is 11.6 Å². The Morgan fingerprint density at radius 1 is 1.09 bits per heavy atom. The maximum Gasteiger partial charge on any atom is 0.451 e. The van der Waals surface area contributed by atoms with Crippen molar-refractivity contribution in [1.82, 2.24) is 30.1 Å². The number of aromatic nitrogens is 3. The van der Waals surface area contributed by atoms with Crippen molar-refractivity contribution < 1.29 is 27.5 Å². The van der Waals surface area contributed by atoms with Crippen LogP contribution in [-0.4, -0.2) is 88.7 Å². The first-order valence-corrected chi connectivity index (χ1v) is 14.6. The quantitative estimate of drug-likeness (QED) is 0.444. The number of halogens is 4. The molecule has 10 nitrogen and oxygen atoms in total. The van der Waals surface area contributed by atoms with Crippen molar-refractivity contribution in [2.75, 3.05) is 50.8 Å². The Labute approximate surface area is 251 Å². The molecule has 14 heteroatoms. The number of alkyl halides is 3. The highest BCUT2D eigenvalue weighted by atomic mass is 35.5. The molecule has 2 bridgehead atoms. The van der Waals surface area contributed by atoms with Crippen molar-refractivity contribution in [1.29, 1.82) is 0 Å². The smallest absolute Gasteiger partial charge is 0.379 e. The van der Waals surface area contributed by atoms with E-state index < -0.39 is 23.9 Å². The van der Waals surface area contributed by atoms with Crippen molar-refractivity contribution in [3.63, 3.8) is 0 Å². The Hall–Kier alpha value is -3.55. The van der Waals surface area contributed by atoms with Crippen molar-refractivity contribution in [3.05, 3.63) is 58.6 Å². The second-order valence-corrected chi connectivity index (χ2v) is 11.5. The molecule has 228 valence electrons. The third-order valence-corrected chi connectivity index (χ3v) is 8.76. The summed E-state index contributed by atoms with van der Waals surface area (Å²) < 4.78 is 44.6. The zero-order valence-corrected chi connectivity index (χ0v) is 24.2. The van der Waals surface area contributed by atoms with Crippen LogP contribution in [0, 0.1) is 5.92 Å². The average Bonchev–Trinajstić information content (AvgIpc) is 3.01. The molecule has 7 rings (SSSR count). The molecular formula is C29H31ClF3N7O3. The largest absolute Gasteiger partial charge is 0.451 e. The maximum atomic E-state index is 13.6.